The van der Waals surface area contributed by atoms with Gasteiger partial charge in [0.15, 0.2) is 11.8 Å². The van der Waals surface area contributed by atoms with Crippen LogP contribution in [-0.4, -0.2) is 65.0 Å². The van der Waals surface area contributed by atoms with Crippen LogP contribution < -0.4 is 10.6 Å². The standard InChI is InChI=1S/C21H25N7O3/c22-14-23-21(25-16-6-7-18-15(11-16)12-24-31-18)26-17-5-1-2-10-28(20(17)30)13-19(29)27-8-3-4-9-27/h6-7,11-12,17H,1-5,8-10,13H2,(H2,23,25,26). The Morgan fingerprint density at radius 3 is 2.87 bits per heavy atom. The molecule has 1 aromatic carbocycles. The first-order valence-corrected chi connectivity index (χ1v) is 10.5. The molecule has 2 aliphatic heterocycles. The molecule has 2 N–H and O–H groups in total. The molecule has 2 saturated heterocycles. The van der Waals surface area contributed by atoms with Gasteiger partial charge in [-0.25, -0.2) is 4.99 Å². The van der Waals surface area contributed by atoms with Crippen LogP contribution in [0.1, 0.15) is 32.1 Å². The molecule has 4 rings (SSSR count). The van der Waals surface area contributed by atoms with Crippen molar-refractivity contribution in [2.45, 2.75) is 38.1 Å². The number of aromatic nitrogens is 1. The predicted molar refractivity (Wildman–Crippen MR) is 114 cm³/mol. The Labute approximate surface area is 179 Å². The largest absolute Gasteiger partial charge is 0.356 e. The number of likely N-dealkylation sites (tertiary alicyclic amines) is 2. The number of hydrogen-bond acceptors (Lipinski definition) is 6. The van der Waals surface area contributed by atoms with Crippen molar-refractivity contribution in [3.63, 3.8) is 0 Å². The van der Waals surface area contributed by atoms with Gasteiger partial charge in [0, 0.05) is 30.7 Å². The first-order valence-electron chi connectivity index (χ1n) is 10.5. The Kier molecular flexibility index (Phi) is 6.31. The third-order valence-corrected chi connectivity index (χ3v) is 5.61. The highest BCUT2D eigenvalue weighted by Gasteiger charge is 2.30. The van der Waals surface area contributed by atoms with Crippen molar-refractivity contribution in [1.29, 1.82) is 5.26 Å². The van der Waals surface area contributed by atoms with E-state index in [1.54, 1.807) is 23.2 Å². The summed E-state index contributed by atoms with van der Waals surface area (Å²) in [6.07, 6.45) is 7.70. The molecule has 0 spiro atoms. The monoisotopic (exact) mass is 423 g/mol. The lowest BCUT2D eigenvalue weighted by Gasteiger charge is -2.25. The first-order chi connectivity index (χ1) is 15.1. The van der Waals surface area contributed by atoms with E-state index < -0.39 is 6.04 Å². The summed E-state index contributed by atoms with van der Waals surface area (Å²) in [5.41, 5.74) is 1.33. The highest BCUT2D eigenvalue weighted by molar-refractivity contribution is 5.98. The predicted octanol–water partition coefficient (Wildman–Crippen LogP) is 1.67. The number of amides is 2. The molecule has 0 bridgehead atoms. The minimum Gasteiger partial charge on any atom is -0.356 e. The summed E-state index contributed by atoms with van der Waals surface area (Å²) < 4.78 is 5.10. The second kappa shape index (κ2) is 9.47. The van der Waals surface area contributed by atoms with E-state index in [4.69, 9.17) is 9.78 Å². The van der Waals surface area contributed by atoms with Gasteiger partial charge in [0.2, 0.25) is 17.8 Å². The van der Waals surface area contributed by atoms with Crippen molar-refractivity contribution >= 4 is 34.4 Å². The number of rotatable bonds is 4. The van der Waals surface area contributed by atoms with Crippen LogP contribution in [0.2, 0.25) is 0 Å². The maximum Gasteiger partial charge on any atom is 0.247 e. The molecule has 1 aromatic heterocycles. The van der Waals surface area contributed by atoms with Crippen molar-refractivity contribution in [2.75, 3.05) is 31.5 Å². The van der Waals surface area contributed by atoms with Gasteiger partial charge in [-0.2, -0.15) is 5.26 Å². The minimum atomic E-state index is -0.656. The van der Waals surface area contributed by atoms with Crippen LogP contribution in [0.4, 0.5) is 5.69 Å². The molecule has 3 heterocycles. The molecule has 2 aromatic rings. The van der Waals surface area contributed by atoms with Gasteiger partial charge < -0.3 is 19.6 Å². The highest BCUT2D eigenvalue weighted by atomic mass is 16.5. The van der Waals surface area contributed by atoms with Crippen molar-refractivity contribution in [1.82, 2.24) is 20.3 Å². The Morgan fingerprint density at radius 2 is 2.06 bits per heavy atom. The van der Waals surface area contributed by atoms with Gasteiger partial charge in [-0.1, -0.05) is 5.16 Å². The average molecular weight is 423 g/mol. The van der Waals surface area contributed by atoms with E-state index in [9.17, 15) is 9.59 Å². The van der Waals surface area contributed by atoms with Gasteiger partial charge in [-0.05, 0) is 50.3 Å². The van der Waals surface area contributed by atoms with Gasteiger partial charge in [-0.15, -0.1) is 0 Å². The molecule has 0 radical (unpaired) electrons. The fraction of sp³-hybridized carbons (Fsp3) is 0.476. The lowest BCUT2D eigenvalue weighted by atomic mass is 10.1. The number of anilines is 1. The van der Waals surface area contributed by atoms with E-state index in [-0.39, 0.29) is 24.3 Å². The summed E-state index contributed by atoms with van der Waals surface area (Å²) in [5.74, 6) is -0.00560. The lowest BCUT2D eigenvalue weighted by Crippen LogP contribution is -2.45. The number of aliphatic imine (C=N–C) groups is 1. The molecule has 10 nitrogen and oxygen atoms in total. The summed E-state index contributed by atoms with van der Waals surface area (Å²) >= 11 is 0. The summed E-state index contributed by atoms with van der Waals surface area (Å²) in [4.78, 5) is 33.6. The van der Waals surface area contributed by atoms with Gasteiger partial charge in [-0.3, -0.25) is 14.9 Å². The van der Waals surface area contributed by atoms with Gasteiger partial charge >= 0.3 is 0 Å². The van der Waals surface area contributed by atoms with E-state index in [2.05, 4.69) is 20.8 Å². The van der Waals surface area contributed by atoms with Gasteiger partial charge in [0.25, 0.3) is 0 Å². The molecule has 31 heavy (non-hydrogen) atoms. The molecule has 2 amide bonds. The molecule has 0 aliphatic carbocycles. The first kappa shape index (κ1) is 20.7. The van der Waals surface area contributed by atoms with Crippen LogP contribution in [0.5, 0.6) is 0 Å². The summed E-state index contributed by atoms with van der Waals surface area (Å²) in [6.45, 7) is 2.16. The number of guanidine groups is 1. The normalized spacial score (nSPS) is 19.9. The number of carbonyl (C=O) groups is 2. The average Bonchev–Trinajstić information content (AvgIpc) is 3.43. The molecule has 1 atom stereocenters. The Bertz CT molecular complexity index is 1020. The lowest BCUT2D eigenvalue weighted by molar-refractivity contribution is -0.140. The van der Waals surface area contributed by atoms with E-state index in [1.807, 2.05) is 17.2 Å². The van der Waals surface area contributed by atoms with Crippen molar-refractivity contribution in [3.05, 3.63) is 24.4 Å². The van der Waals surface area contributed by atoms with Gasteiger partial charge in [0.05, 0.1) is 12.7 Å². The molecule has 10 heteroatoms. The fourth-order valence-corrected chi connectivity index (χ4v) is 3.98. The van der Waals surface area contributed by atoms with Crippen LogP contribution in [0, 0.1) is 11.5 Å². The maximum atomic E-state index is 13.1. The third-order valence-electron chi connectivity index (χ3n) is 5.61. The molecule has 2 fully saturated rings. The van der Waals surface area contributed by atoms with E-state index >= 15 is 0 Å². The van der Waals surface area contributed by atoms with Gasteiger partial charge in [0.1, 0.15) is 6.04 Å². The zero-order chi connectivity index (χ0) is 21.6. The van der Waals surface area contributed by atoms with E-state index in [0.29, 0.717) is 24.2 Å². The molecule has 2 aliphatic rings. The minimum absolute atomic E-state index is 0.00833. The van der Waals surface area contributed by atoms with Crippen LogP contribution >= 0.6 is 0 Å². The number of fused-ring (bicyclic) bond motifs is 1. The van der Waals surface area contributed by atoms with Crippen LogP contribution in [0.25, 0.3) is 11.0 Å². The maximum absolute atomic E-state index is 13.1. The third kappa shape index (κ3) is 4.94. The van der Waals surface area contributed by atoms with E-state index in [1.165, 1.54) is 0 Å². The number of hydrogen-bond donors (Lipinski definition) is 2. The topological polar surface area (TPSA) is 127 Å². The zero-order valence-corrected chi connectivity index (χ0v) is 17.2. The van der Waals surface area contributed by atoms with Crippen LogP contribution in [-0.2, 0) is 9.59 Å². The molecular formula is C21H25N7O3. The second-order valence-corrected chi connectivity index (χ2v) is 7.78. The van der Waals surface area contributed by atoms with E-state index in [0.717, 1.165) is 44.2 Å². The smallest absolute Gasteiger partial charge is 0.247 e. The van der Waals surface area contributed by atoms with Crippen LogP contribution in [0.3, 0.4) is 0 Å². The SMILES string of the molecule is N#CNC(=NC1CCCCN(CC(=O)N2CCCC2)C1=O)Nc1ccc2oncc2c1. The summed E-state index contributed by atoms with van der Waals surface area (Å²) in [6, 6.07) is 4.70. The zero-order valence-electron chi connectivity index (χ0n) is 17.2. The Hall–Kier alpha value is -3.61. The number of nitrogens with zero attached hydrogens (tertiary/aromatic N) is 5. The van der Waals surface area contributed by atoms with Crippen molar-refractivity contribution in [2.24, 2.45) is 4.99 Å². The van der Waals surface area contributed by atoms with Crippen molar-refractivity contribution in [3.8, 4) is 6.19 Å². The van der Waals surface area contributed by atoms with Crippen LogP contribution in [0.15, 0.2) is 33.9 Å². The summed E-state index contributed by atoms with van der Waals surface area (Å²) in [5, 5.41) is 19.3. The Morgan fingerprint density at radius 1 is 1.26 bits per heavy atom. The Balaban J connectivity index is 1.48. The molecular weight excluding hydrogens is 398 g/mol. The molecule has 162 valence electrons. The number of nitriles is 1. The number of nitrogens with one attached hydrogen (secondary N) is 2. The quantitative estimate of drug-likeness (QED) is 0.331. The fourth-order valence-electron chi connectivity index (χ4n) is 3.98. The molecule has 0 saturated carbocycles. The number of benzene rings is 1. The molecule has 1 unspecified atom stereocenters. The van der Waals surface area contributed by atoms with Crippen molar-refractivity contribution < 1.29 is 14.1 Å². The summed E-state index contributed by atoms with van der Waals surface area (Å²) in [7, 11) is 0. The highest BCUT2D eigenvalue weighted by Crippen LogP contribution is 2.20. The number of carbonyl (C=O) groups excluding carboxylic acids is 2. The second-order valence-electron chi connectivity index (χ2n) is 7.78.